The molecule has 132 valence electrons. The van der Waals surface area contributed by atoms with Crippen molar-refractivity contribution in [2.75, 3.05) is 11.9 Å². The highest BCUT2D eigenvalue weighted by Crippen LogP contribution is 2.23. The van der Waals surface area contributed by atoms with Gasteiger partial charge in [0.05, 0.1) is 12.2 Å². The van der Waals surface area contributed by atoms with Gasteiger partial charge in [0.15, 0.2) is 17.5 Å². The lowest BCUT2D eigenvalue weighted by molar-refractivity contribution is -0.138. The number of anilines is 1. The minimum absolute atomic E-state index is 0.0490. The van der Waals surface area contributed by atoms with E-state index in [1.807, 2.05) is 0 Å². The van der Waals surface area contributed by atoms with E-state index >= 15 is 0 Å². The van der Waals surface area contributed by atoms with Crippen LogP contribution in [0.15, 0.2) is 34.7 Å². The topological polar surface area (TPSA) is 81.4 Å². The monoisotopic (exact) mass is 354 g/mol. The molecule has 0 bridgehead atoms. The number of carbonyl (C=O) groups is 2. The Kier molecular flexibility index (Phi) is 5.58. The number of aromatic nitrogens is 1. The van der Waals surface area contributed by atoms with E-state index in [0.29, 0.717) is 0 Å². The highest BCUT2D eigenvalue weighted by molar-refractivity contribution is 6.24. The fourth-order valence-corrected chi connectivity index (χ4v) is 1.99. The Bertz CT molecular complexity index is 832. The second-order valence-electron chi connectivity index (χ2n) is 4.79. The van der Waals surface area contributed by atoms with Crippen LogP contribution in [0, 0.1) is 24.4 Å². The van der Waals surface area contributed by atoms with Crippen LogP contribution in [0.5, 0.6) is 0 Å². The molecule has 0 atom stereocenters. The lowest BCUT2D eigenvalue weighted by Crippen LogP contribution is -2.20. The van der Waals surface area contributed by atoms with Crippen molar-refractivity contribution in [1.29, 1.82) is 0 Å². The van der Waals surface area contributed by atoms with Gasteiger partial charge in [-0.1, -0.05) is 5.16 Å². The van der Waals surface area contributed by atoms with Gasteiger partial charge in [0.25, 0.3) is 0 Å². The smallest absolute Gasteiger partial charge is 0.343 e. The van der Waals surface area contributed by atoms with E-state index in [9.17, 15) is 22.8 Å². The van der Waals surface area contributed by atoms with Gasteiger partial charge in [-0.05, 0) is 13.8 Å². The Hall–Kier alpha value is -3.10. The molecule has 0 amide bonds. The van der Waals surface area contributed by atoms with Crippen molar-refractivity contribution >= 4 is 17.6 Å². The standard InChI is InChI=1S/C16H13F3N2O4/c1-3-24-16(23)9(7-20-12-4-5-25-21-12)15(22)13-8(2)14(19)11(18)6-10(13)17/h4-7H,3H2,1-2H3,(H,20,21)/b9-7-. The third kappa shape index (κ3) is 3.87. The minimum Gasteiger partial charge on any atom is -0.462 e. The van der Waals surface area contributed by atoms with Gasteiger partial charge in [0.1, 0.15) is 17.7 Å². The molecule has 25 heavy (non-hydrogen) atoms. The molecule has 0 saturated heterocycles. The van der Waals surface area contributed by atoms with Gasteiger partial charge in [-0.2, -0.15) is 0 Å². The third-order valence-corrected chi connectivity index (χ3v) is 3.18. The van der Waals surface area contributed by atoms with Crippen molar-refractivity contribution in [2.45, 2.75) is 13.8 Å². The molecule has 9 heteroatoms. The maximum atomic E-state index is 14.0. The van der Waals surface area contributed by atoms with Gasteiger partial charge in [-0.25, -0.2) is 18.0 Å². The van der Waals surface area contributed by atoms with E-state index in [0.717, 1.165) is 13.1 Å². The second-order valence-corrected chi connectivity index (χ2v) is 4.79. The zero-order chi connectivity index (χ0) is 18.6. The first-order valence-electron chi connectivity index (χ1n) is 7.09. The number of nitrogens with one attached hydrogen (secondary N) is 1. The fourth-order valence-electron chi connectivity index (χ4n) is 1.99. The lowest BCUT2D eigenvalue weighted by atomic mass is 9.98. The maximum Gasteiger partial charge on any atom is 0.343 e. The maximum absolute atomic E-state index is 14.0. The molecule has 0 saturated carbocycles. The molecule has 0 fully saturated rings. The number of rotatable bonds is 6. The summed E-state index contributed by atoms with van der Waals surface area (Å²) in [6.45, 7) is 2.49. The van der Waals surface area contributed by atoms with Crippen molar-refractivity contribution in [3.8, 4) is 0 Å². The molecule has 1 N–H and O–H groups in total. The number of benzene rings is 1. The first-order valence-corrected chi connectivity index (χ1v) is 7.09. The molecule has 0 spiro atoms. The number of ketones is 1. The summed E-state index contributed by atoms with van der Waals surface area (Å²) in [6, 6.07) is 1.64. The summed E-state index contributed by atoms with van der Waals surface area (Å²) >= 11 is 0. The van der Waals surface area contributed by atoms with E-state index in [1.165, 1.54) is 19.3 Å². The zero-order valence-electron chi connectivity index (χ0n) is 13.2. The zero-order valence-corrected chi connectivity index (χ0v) is 13.2. The van der Waals surface area contributed by atoms with E-state index in [1.54, 1.807) is 0 Å². The summed E-state index contributed by atoms with van der Waals surface area (Å²) in [6.07, 6.45) is 2.17. The van der Waals surface area contributed by atoms with Gasteiger partial charge < -0.3 is 14.6 Å². The van der Waals surface area contributed by atoms with Gasteiger partial charge in [-0.3, -0.25) is 4.79 Å². The first-order chi connectivity index (χ1) is 11.9. The predicted molar refractivity (Wildman–Crippen MR) is 80.2 cm³/mol. The molecule has 1 aromatic carbocycles. The van der Waals surface area contributed by atoms with Gasteiger partial charge in [-0.15, -0.1) is 0 Å². The average Bonchev–Trinajstić information content (AvgIpc) is 3.06. The summed E-state index contributed by atoms with van der Waals surface area (Å²) in [7, 11) is 0. The van der Waals surface area contributed by atoms with E-state index < -0.39 is 45.9 Å². The van der Waals surface area contributed by atoms with Crippen LogP contribution >= 0.6 is 0 Å². The van der Waals surface area contributed by atoms with Gasteiger partial charge >= 0.3 is 5.97 Å². The predicted octanol–water partition coefficient (Wildman–Crippen LogP) is 3.14. The number of carbonyl (C=O) groups excluding carboxylic acids is 2. The van der Waals surface area contributed by atoms with Crippen LogP contribution in [-0.2, 0) is 9.53 Å². The van der Waals surface area contributed by atoms with Crippen molar-refractivity contribution in [1.82, 2.24) is 5.16 Å². The molecule has 0 aliphatic carbocycles. The molecular formula is C16H13F3N2O4. The van der Waals surface area contributed by atoms with E-state index in [4.69, 9.17) is 4.74 Å². The minimum atomic E-state index is -1.44. The molecule has 0 aliphatic rings. The van der Waals surface area contributed by atoms with Crippen molar-refractivity contribution in [3.63, 3.8) is 0 Å². The average molecular weight is 354 g/mol. The lowest BCUT2D eigenvalue weighted by Gasteiger charge is -2.11. The Labute approximate surface area is 140 Å². The highest BCUT2D eigenvalue weighted by Gasteiger charge is 2.28. The molecule has 0 radical (unpaired) electrons. The molecule has 0 unspecified atom stereocenters. The number of hydrogen-bond acceptors (Lipinski definition) is 6. The Balaban J connectivity index is 2.47. The summed E-state index contributed by atoms with van der Waals surface area (Å²) in [5, 5.41) is 6.01. The number of esters is 1. The van der Waals surface area contributed by atoms with E-state index in [2.05, 4.69) is 15.0 Å². The van der Waals surface area contributed by atoms with Crippen LogP contribution in [0.1, 0.15) is 22.8 Å². The summed E-state index contributed by atoms with van der Waals surface area (Å²) in [5.74, 6) is -6.17. The van der Waals surface area contributed by atoms with Gasteiger partial charge in [0.2, 0.25) is 5.78 Å². The Morgan fingerprint density at radius 1 is 1.32 bits per heavy atom. The summed E-state index contributed by atoms with van der Waals surface area (Å²) < 4.78 is 50.3. The molecule has 1 heterocycles. The number of nitrogens with zero attached hydrogens (tertiary/aromatic N) is 1. The number of ether oxygens (including phenoxy) is 1. The highest BCUT2D eigenvalue weighted by atomic mass is 19.2. The van der Waals surface area contributed by atoms with Crippen LogP contribution in [0.2, 0.25) is 0 Å². The molecule has 2 rings (SSSR count). The molecule has 0 aliphatic heterocycles. The van der Waals surface area contributed by atoms with E-state index in [-0.39, 0.29) is 18.5 Å². The second kappa shape index (κ2) is 7.65. The van der Waals surface area contributed by atoms with Crippen molar-refractivity contribution in [2.24, 2.45) is 0 Å². The normalized spacial score (nSPS) is 11.3. The van der Waals surface area contributed by atoms with Crippen LogP contribution in [-0.4, -0.2) is 23.5 Å². The van der Waals surface area contributed by atoms with Crippen LogP contribution < -0.4 is 5.32 Å². The molecular weight excluding hydrogens is 341 g/mol. The fraction of sp³-hybridized carbons (Fsp3) is 0.188. The number of Topliss-reactive ketones (excluding diaryl/α,β-unsaturated/α-hetero) is 1. The largest absolute Gasteiger partial charge is 0.462 e. The van der Waals surface area contributed by atoms with Gasteiger partial charge in [0, 0.05) is 23.9 Å². The number of halogens is 3. The molecule has 6 nitrogen and oxygen atoms in total. The Morgan fingerprint density at radius 2 is 2.04 bits per heavy atom. The van der Waals surface area contributed by atoms with Crippen LogP contribution in [0.25, 0.3) is 0 Å². The van der Waals surface area contributed by atoms with Crippen LogP contribution in [0.3, 0.4) is 0 Å². The van der Waals surface area contributed by atoms with Crippen molar-refractivity contribution < 1.29 is 32.0 Å². The molecule has 1 aromatic heterocycles. The first kappa shape index (κ1) is 18.2. The SMILES string of the molecule is CCOC(=O)/C(=C\Nc1ccon1)C(=O)c1c(F)cc(F)c(F)c1C. The molecule has 2 aromatic rings. The Morgan fingerprint density at radius 3 is 2.64 bits per heavy atom. The summed E-state index contributed by atoms with van der Waals surface area (Å²) in [5.41, 5.74) is -1.93. The third-order valence-electron chi connectivity index (χ3n) is 3.18. The quantitative estimate of drug-likeness (QED) is 0.214. The summed E-state index contributed by atoms with van der Waals surface area (Å²) in [4.78, 5) is 24.6. The number of hydrogen-bond donors (Lipinski definition) is 1. The van der Waals surface area contributed by atoms with Crippen LogP contribution in [0.4, 0.5) is 19.0 Å². The van der Waals surface area contributed by atoms with Crippen molar-refractivity contribution in [3.05, 3.63) is 58.7 Å².